The van der Waals surface area contributed by atoms with Gasteiger partial charge in [-0.05, 0) is 87.3 Å². The SMILES string of the molecule is CCCS(=O)(=O)N1CCNC[C@@H]1CCc1c(F)cncc1NC(=O)C[C@@H](c1ccc(Cl)cc1)C1CCC(COCC)CC1. The number of ether oxygens (including phenoxy) is 1. The Morgan fingerprint density at radius 3 is 2.63 bits per heavy atom. The summed E-state index contributed by atoms with van der Waals surface area (Å²) in [5.74, 6) is 0.273. The lowest BCUT2D eigenvalue weighted by atomic mass is 9.72. The third-order valence-corrected chi connectivity index (χ3v) is 11.2. The van der Waals surface area contributed by atoms with Crippen LogP contribution in [0, 0.1) is 17.7 Å². The molecule has 0 spiro atoms. The molecular weight excluding hydrogens is 591 g/mol. The van der Waals surface area contributed by atoms with E-state index in [1.165, 1.54) is 6.20 Å². The molecule has 1 saturated carbocycles. The average molecular weight is 637 g/mol. The Labute approximate surface area is 261 Å². The largest absolute Gasteiger partial charge is 0.381 e. The Hall–Kier alpha value is -2.11. The molecular formula is C32H46ClFN4O4S. The fourth-order valence-corrected chi connectivity index (χ4v) is 8.45. The monoisotopic (exact) mass is 636 g/mol. The molecule has 0 unspecified atom stereocenters. The number of sulfonamides is 1. The second kappa shape index (κ2) is 16.3. The number of halogens is 2. The van der Waals surface area contributed by atoms with E-state index in [1.54, 1.807) is 4.31 Å². The van der Waals surface area contributed by atoms with Gasteiger partial charge in [0.2, 0.25) is 15.9 Å². The first-order valence-electron chi connectivity index (χ1n) is 15.7. The van der Waals surface area contributed by atoms with Crippen molar-refractivity contribution in [1.82, 2.24) is 14.6 Å². The number of benzene rings is 1. The standard InChI is InChI=1S/C32H46ClFN4O4S/c1-3-17-43(40,41)38-16-15-35-19-27(38)13-14-28-30(34)20-36-21-31(28)37-32(39)18-29(25-9-11-26(33)12-10-25)24-7-5-23(6-8-24)22-42-4-2/h9-12,20-21,23-24,27,29,35H,3-8,13-19,22H2,1-2H3,(H,37,39)/t23?,24?,27-,29+/m0/s1. The summed E-state index contributed by atoms with van der Waals surface area (Å²) in [5.41, 5.74) is 1.76. The van der Waals surface area contributed by atoms with E-state index in [2.05, 4.69) is 15.6 Å². The van der Waals surface area contributed by atoms with E-state index in [1.807, 2.05) is 38.1 Å². The molecule has 238 valence electrons. The Balaban J connectivity index is 1.46. The molecule has 8 nitrogen and oxygen atoms in total. The van der Waals surface area contributed by atoms with Gasteiger partial charge in [-0.3, -0.25) is 9.78 Å². The van der Waals surface area contributed by atoms with Crippen LogP contribution in [0.2, 0.25) is 5.02 Å². The number of nitrogens with zero attached hydrogens (tertiary/aromatic N) is 2. The molecule has 2 fully saturated rings. The van der Waals surface area contributed by atoms with Gasteiger partial charge >= 0.3 is 0 Å². The van der Waals surface area contributed by atoms with Crippen LogP contribution in [-0.4, -0.2) is 68.3 Å². The molecule has 1 aromatic heterocycles. The van der Waals surface area contributed by atoms with Crippen molar-refractivity contribution in [3.05, 3.63) is 58.6 Å². The summed E-state index contributed by atoms with van der Waals surface area (Å²) >= 11 is 6.17. The molecule has 0 bridgehead atoms. The van der Waals surface area contributed by atoms with Crippen molar-refractivity contribution in [3.8, 4) is 0 Å². The topological polar surface area (TPSA) is 101 Å². The lowest BCUT2D eigenvalue weighted by Gasteiger charge is -2.35. The van der Waals surface area contributed by atoms with Crippen LogP contribution in [0.15, 0.2) is 36.7 Å². The smallest absolute Gasteiger partial charge is 0.225 e. The quantitative estimate of drug-likeness (QED) is 0.273. The summed E-state index contributed by atoms with van der Waals surface area (Å²) < 4.78 is 48.0. The molecule has 0 radical (unpaired) electrons. The zero-order valence-electron chi connectivity index (χ0n) is 25.4. The first-order chi connectivity index (χ1) is 20.7. The zero-order chi connectivity index (χ0) is 30.8. The van der Waals surface area contributed by atoms with E-state index in [-0.39, 0.29) is 36.5 Å². The highest BCUT2D eigenvalue weighted by atomic mass is 35.5. The number of amides is 1. The number of nitrogens with one attached hydrogen (secondary N) is 2. The van der Waals surface area contributed by atoms with E-state index < -0.39 is 15.8 Å². The van der Waals surface area contributed by atoms with Crippen LogP contribution in [0.5, 0.6) is 0 Å². The molecule has 2 heterocycles. The number of carbonyl (C=O) groups excluding carboxylic acids is 1. The Bertz CT molecular complexity index is 1290. The van der Waals surface area contributed by atoms with E-state index in [4.69, 9.17) is 16.3 Å². The van der Waals surface area contributed by atoms with E-state index >= 15 is 4.39 Å². The molecule has 2 aliphatic rings. The highest BCUT2D eigenvalue weighted by molar-refractivity contribution is 7.89. The molecule has 1 aliphatic carbocycles. The second-order valence-electron chi connectivity index (χ2n) is 11.8. The van der Waals surface area contributed by atoms with Gasteiger partial charge in [0.15, 0.2) is 0 Å². The van der Waals surface area contributed by atoms with Crippen LogP contribution < -0.4 is 10.6 Å². The summed E-state index contributed by atoms with van der Waals surface area (Å²) in [6.07, 6.45) is 8.29. The van der Waals surface area contributed by atoms with Crippen molar-refractivity contribution in [2.24, 2.45) is 11.8 Å². The van der Waals surface area contributed by atoms with E-state index in [0.29, 0.717) is 60.6 Å². The normalized spacial score (nSPS) is 22.3. The van der Waals surface area contributed by atoms with Gasteiger partial charge in [0.1, 0.15) is 5.82 Å². The number of aromatic nitrogens is 1. The first kappa shape index (κ1) is 33.8. The minimum absolute atomic E-state index is 0.000854. The average Bonchev–Trinajstić information content (AvgIpc) is 2.99. The Kier molecular flexibility index (Phi) is 12.8. The van der Waals surface area contributed by atoms with Crippen molar-refractivity contribution in [1.29, 1.82) is 0 Å². The van der Waals surface area contributed by atoms with E-state index in [0.717, 1.165) is 50.7 Å². The first-order valence-corrected chi connectivity index (χ1v) is 17.7. The highest BCUT2D eigenvalue weighted by Crippen LogP contribution is 2.41. The van der Waals surface area contributed by atoms with Gasteiger partial charge in [-0.1, -0.05) is 30.7 Å². The van der Waals surface area contributed by atoms with Gasteiger partial charge < -0.3 is 15.4 Å². The molecule has 4 rings (SSSR count). The third kappa shape index (κ3) is 9.44. The molecule has 1 saturated heterocycles. The minimum atomic E-state index is -3.39. The fraction of sp³-hybridized carbons (Fsp3) is 0.625. The summed E-state index contributed by atoms with van der Waals surface area (Å²) in [4.78, 5) is 17.5. The van der Waals surface area contributed by atoms with Crippen LogP contribution in [-0.2, 0) is 26.0 Å². The van der Waals surface area contributed by atoms with Gasteiger partial charge in [0.05, 0.1) is 23.8 Å². The highest BCUT2D eigenvalue weighted by Gasteiger charge is 2.33. The summed E-state index contributed by atoms with van der Waals surface area (Å²) in [6, 6.07) is 7.44. The maximum absolute atomic E-state index is 15.1. The molecule has 1 aliphatic heterocycles. The molecule has 43 heavy (non-hydrogen) atoms. The Morgan fingerprint density at radius 2 is 1.93 bits per heavy atom. The molecule has 11 heteroatoms. The van der Waals surface area contributed by atoms with Crippen molar-refractivity contribution >= 4 is 33.2 Å². The number of rotatable bonds is 14. The van der Waals surface area contributed by atoms with E-state index in [9.17, 15) is 13.2 Å². The van der Waals surface area contributed by atoms with Crippen molar-refractivity contribution in [3.63, 3.8) is 0 Å². The maximum atomic E-state index is 15.1. The van der Waals surface area contributed by atoms with Crippen molar-refractivity contribution in [2.45, 2.75) is 77.2 Å². The molecule has 2 aromatic rings. The third-order valence-electron chi connectivity index (χ3n) is 8.84. The van der Waals surface area contributed by atoms with Gasteiger partial charge in [-0.15, -0.1) is 0 Å². The number of carbonyl (C=O) groups is 1. The predicted molar refractivity (Wildman–Crippen MR) is 169 cm³/mol. The molecule has 1 aromatic carbocycles. The van der Waals surface area contributed by atoms with Crippen LogP contribution in [0.25, 0.3) is 0 Å². The number of hydrogen-bond acceptors (Lipinski definition) is 6. The molecule has 2 N–H and O–H groups in total. The molecule has 1 amide bonds. The number of anilines is 1. The Morgan fingerprint density at radius 1 is 1.19 bits per heavy atom. The summed E-state index contributed by atoms with van der Waals surface area (Å²) in [6.45, 7) is 6.86. The van der Waals surface area contributed by atoms with Crippen LogP contribution in [0.4, 0.5) is 10.1 Å². The van der Waals surface area contributed by atoms with Gasteiger partial charge in [-0.2, -0.15) is 4.31 Å². The fourth-order valence-electron chi connectivity index (χ4n) is 6.57. The molecule has 2 atom stereocenters. The second-order valence-corrected chi connectivity index (χ2v) is 14.3. The van der Waals surface area contributed by atoms with Crippen LogP contribution in [0.3, 0.4) is 0 Å². The lowest BCUT2D eigenvalue weighted by Crippen LogP contribution is -2.54. The maximum Gasteiger partial charge on any atom is 0.225 e. The summed E-state index contributed by atoms with van der Waals surface area (Å²) in [5, 5.41) is 6.87. The lowest BCUT2D eigenvalue weighted by molar-refractivity contribution is -0.117. The zero-order valence-corrected chi connectivity index (χ0v) is 26.9. The number of piperazine rings is 1. The minimum Gasteiger partial charge on any atom is -0.381 e. The summed E-state index contributed by atoms with van der Waals surface area (Å²) in [7, 11) is -3.39. The van der Waals surface area contributed by atoms with Crippen molar-refractivity contribution < 1.29 is 22.3 Å². The van der Waals surface area contributed by atoms with Gasteiger partial charge in [0.25, 0.3) is 0 Å². The van der Waals surface area contributed by atoms with Gasteiger partial charge in [0, 0.05) is 55.9 Å². The number of pyridine rings is 1. The van der Waals surface area contributed by atoms with Crippen LogP contribution in [0.1, 0.15) is 75.8 Å². The number of hydrogen-bond donors (Lipinski definition) is 2. The van der Waals surface area contributed by atoms with Crippen LogP contribution >= 0.6 is 11.6 Å². The van der Waals surface area contributed by atoms with Crippen molar-refractivity contribution in [2.75, 3.05) is 43.9 Å². The van der Waals surface area contributed by atoms with Gasteiger partial charge in [-0.25, -0.2) is 12.8 Å². The predicted octanol–water partition coefficient (Wildman–Crippen LogP) is 5.78.